The molecule has 4 rings (SSSR count). The number of thioether (sulfide) groups is 2. The van der Waals surface area contributed by atoms with E-state index in [1.54, 1.807) is 72.8 Å². The van der Waals surface area contributed by atoms with Crippen LogP contribution in [0.25, 0.3) is 0 Å². The molecule has 0 saturated heterocycles. The molecule has 0 aliphatic heterocycles. The monoisotopic (exact) mass is 510 g/mol. The molecule has 1 heterocycles. The van der Waals surface area contributed by atoms with Crippen LogP contribution in [-0.2, 0) is 0 Å². The molecule has 1 aromatic heterocycles. The fraction of sp³-hybridized carbons (Fsp3) is 0. The van der Waals surface area contributed by atoms with E-state index in [1.165, 1.54) is 0 Å². The molecule has 0 aliphatic carbocycles. The largest absolute Gasteiger partial charge is 0.322 e. The smallest absolute Gasteiger partial charge is 0.260 e. The first-order valence-corrected chi connectivity index (χ1v) is 12.4. The lowest BCUT2D eigenvalue weighted by Crippen LogP contribution is -2.13. The third kappa shape index (κ3) is 5.91. The van der Waals surface area contributed by atoms with Crippen molar-refractivity contribution >= 4 is 68.5 Å². The van der Waals surface area contributed by atoms with Crippen molar-refractivity contribution in [2.24, 2.45) is 0 Å². The van der Waals surface area contributed by atoms with E-state index in [-0.39, 0.29) is 20.8 Å². The number of carbonyl (C=O) groups excluding carboxylic acids is 3. The molecule has 0 radical (unpaired) electrons. The highest BCUT2D eigenvalue weighted by Gasteiger charge is 2.26. The Bertz CT molecular complexity index is 1220. The second-order valence-electron chi connectivity index (χ2n) is 6.62. The van der Waals surface area contributed by atoms with Crippen LogP contribution in [0.3, 0.4) is 0 Å². The lowest BCUT2D eigenvalue weighted by atomic mass is 10.2. The Morgan fingerprint density at radius 3 is 1.88 bits per heavy atom. The summed E-state index contributed by atoms with van der Waals surface area (Å²) < 4.78 is 4.75. The highest BCUT2D eigenvalue weighted by Crippen LogP contribution is 2.38. The third-order valence-electron chi connectivity index (χ3n) is 4.35. The zero-order valence-corrected chi connectivity index (χ0v) is 20.1. The standard InChI is InChI=1S/C24H15ClN2O3S3/c25-17-11-13-18(14-12-17)26-20(28)19-21(31-22(29)15-7-3-1-4-8-15)27-33-24(19)32-23(30)16-9-5-2-6-10-16/h1-14H,(H,26,28). The Kier molecular flexibility index (Phi) is 7.61. The van der Waals surface area contributed by atoms with Gasteiger partial charge in [-0.05, 0) is 59.3 Å². The van der Waals surface area contributed by atoms with Crippen molar-refractivity contribution in [3.8, 4) is 0 Å². The van der Waals surface area contributed by atoms with Gasteiger partial charge in [-0.25, -0.2) is 0 Å². The predicted molar refractivity (Wildman–Crippen MR) is 135 cm³/mol. The van der Waals surface area contributed by atoms with Gasteiger partial charge in [0, 0.05) is 21.8 Å². The van der Waals surface area contributed by atoms with Gasteiger partial charge in [0.05, 0.1) is 5.56 Å². The van der Waals surface area contributed by atoms with E-state index >= 15 is 0 Å². The normalized spacial score (nSPS) is 10.6. The summed E-state index contributed by atoms with van der Waals surface area (Å²) in [7, 11) is 0. The number of amides is 1. The van der Waals surface area contributed by atoms with E-state index in [1.807, 2.05) is 12.1 Å². The molecule has 0 spiro atoms. The topological polar surface area (TPSA) is 76.1 Å². The third-order valence-corrected chi connectivity index (χ3v) is 7.56. The first kappa shape index (κ1) is 23.3. The molecule has 1 N–H and O–H groups in total. The van der Waals surface area contributed by atoms with Gasteiger partial charge in [-0.1, -0.05) is 72.3 Å². The Labute approximate surface area is 207 Å². The lowest BCUT2D eigenvalue weighted by molar-refractivity contribution is 0.102. The first-order chi connectivity index (χ1) is 16.0. The van der Waals surface area contributed by atoms with E-state index in [9.17, 15) is 14.4 Å². The van der Waals surface area contributed by atoms with Crippen LogP contribution in [0, 0.1) is 0 Å². The summed E-state index contributed by atoms with van der Waals surface area (Å²) in [5, 5.41) is 3.13. The summed E-state index contributed by atoms with van der Waals surface area (Å²) in [5.74, 6) is -0.460. The van der Waals surface area contributed by atoms with Crippen LogP contribution in [0.15, 0.2) is 94.2 Å². The number of nitrogens with zero attached hydrogens (tertiary/aromatic N) is 1. The Morgan fingerprint density at radius 1 is 0.758 bits per heavy atom. The van der Waals surface area contributed by atoms with Gasteiger partial charge in [-0.15, -0.1) is 0 Å². The first-order valence-electron chi connectivity index (χ1n) is 9.62. The van der Waals surface area contributed by atoms with Crippen LogP contribution >= 0.6 is 46.7 Å². The van der Waals surface area contributed by atoms with Crippen LogP contribution in [0.1, 0.15) is 31.1 Å². The van der Waals surface area contributed by atoms with E-state index in [4.69, 9.17) is 11.6 Å². The van der Waals surface area contributed by atoms with Crippen molar-refractivity contribution in [1.82, 2.24) is 4.37 Å². The van der Waals surface area contributed by atoms with E-state index in [2.05, 4.69) is 9.69 Å². The van der Waals surface area contributed by atoms with Crippen molar-refractivity contribution in [3.63, 3.8) is 0 Å². The van der Waals surface area contributed by atoms with Gasteiger partial charge < -0.3 is 5.32 Å². The molecule has 5 nitrogen and oxygen atoms in total. The summed E-state index contributed by atoms with van der Waals surface area (Å²) in [6, 6.07) is 24.2. The van der Waals surface area contributed by atoms with Crippen molar-refractivity contribution in [2.45, 2.75) is 9.24 Å². The van der Waals surface area contributed by atoms with Crippen LogP contribution < -0.4 is 5.32 Å². The van der Waals surface area contributed by atoms with Crippen molar-refractivity contribution in [2.75, 3.05) is 5.32 Å². The molecule has 0 aliphatic rings. The maximum atomic E-state index is 13.2. The Hall–Kier alpha value is -2.91. The van der Waals surface area contributed by atoms with Gasteiger partial charge in [0.15, 0.2) is 0 Å². The molecular formula is C24H15ClN2O3S3. The minimum atomic E-state index is -0.460. The molecule has 0 atom stereocenters. The number of anilines is 1. The van der Waals surface area contributed by atoms with Crippen molar-refractivity contribution in [3.05, 3.63) is 107 Å². The maximum Gasteiger partial charge on any atom is 0.260 e. The second kappa shape index (κ2) is 10.8. The van der Waals surface area contributed by atoms with Crippen molar-refractivity contribution < 1.29 is 14.4 Å². The number of nitrogens with one attached hydrogen (secondary N) is 1. The number of rotatable bonds is 6. The van der Waals surface area contributed by atoms with Gasteiger partial charge >= 0.3 is 0 Å². The fourth-order valence-electron chi connectivity index (χ4n) is 2.76. The molecule has 0 fully saturated rings. The highest BCUT2D eigenvalue weighted by atomic mass is 35.5. The van der Waals surface area contributed by atoms with Gasteiger partial charge in [0.1, 0.15) is 9.24 Å². The van der Waals surface area contributed by atoms with Gasteiger partial charge in [0.2, 0.25) is 10.2 Å². The molecule has 1 amide bonds. The zero-order valence-electron chi connectivity index (χ0n) is 16.9. The molecule has 0 bridgehead atoms. The molecule has 33 heavy (non-hydrogen) atoms. The minimum absolute atomic E-state index is 0.193. The Morgan fingerprint density at radius 2 is 1.30 bits per heavy atom. The molecule has 164 valence electrons. The van der Waals surface area contributed by atoms with Crippen LogP contribution in [0.2, 0.25) is 5.02 Å². The molecule has 4 aromatic rings. The number of halogens is 1. The highest BCUT2D eigenvalue weighted by molar-refractivity contribution is 8.16. The SMILES string of the molecule is O=C(Sc1nsc(SC(=O)c2ccccc2)c1C(=O)Nc1ccc(Cl)cc1)c1ccccc1. The van der Waals surface area contributed by atoms with Gasteiger partial charge in [-0.2, -0.15) is 4.37 Å². The number of hydrogen-bond acceptors (Lipinski definition) is 7. The fourth-order valence-corrected chi connectivity index (χ4v) is 5.74. The van der Waals surface area contributed by atoms with Crippen LogP contribution in [0.4, 0.5) is 5.69 Å². The van der Waals surface area contributed by atoms with E-state index in [0.717, 1.165) is 35.1 Å². The summed E-state index contributed by atoms with van der Waals surface area (Å²) in [4.78, 5) is 38.7. The Balaban J connectivity index is 1.64. The molecule has 0 saturated carbocycles. The average Bonchev–Trinajstić information content (AvgIpc) is 3.23. The second-order valence-corrected chi connectivity index (χ2v) is 10.0. The van der Waals surface area contributed by atoms with Crippen molar-refractivity contribution in [1.29, 1.82) is 0 Å². The van der Waals surface area contributed by atoms with Crippen LogP contribution in [-0.4, -0.2) is 20.5 Å². The molecule has 0 unspecified atom stereocenters. The number of hydrogen-bond donors (Lipinski definition) is 1. The number of aromatic nitrogens is 1. The zero-order chi connectivity index (χ0) is 23.2. The minimum Gasteiger partial charge on any atom is -0.322 e. The summed E-state index contributed by atoms with van der Waals surface area (Å²) in [6.45, 7) is 0. The van der Waals surface area contributed by atoms with E-state index in [0.29, 0.717) is 26.0 Å². The summed E-state index contributed by atoms with van der Waals surface area (Å²) in [5.41, 5.74) is 1.73. The molecule has 9 heteroatoms. The van der Waals surface area contributed by atoms with Gasteiger partial charge in [0.25, 0.3) is 5.91 Å². The molecular weight excluding hydrogens is 496 g/mol. The number of benzene rings is 3. The summed E-state index contributed by atoms with van der Waals surface area (Å²) in [6.07, 6.45) is 0. The lowest BCUT2D eigenvalue weighted by Gasteiger charge is -2.08. The average molecular weight is 511 g/mol. The molecule has 3 aromatic carbocycles. The maximum absolute atomic E-state index is 13.2. The van der Waals surface area contributed by atoms with E-state index < -0.39 is 5.91 Å². The quantitative estimate of drug-likeness (QED) is 0.284. The van der Waals surface area contributed by atoms with Gasteiger partial charge in [-0.3, -0.25) is 14.4 Å². The van der Waals surface area contributed by atoms with Crippen LogP contribution in [0.5, 0.6) is 0 Å². The number of carbonyl (C=O) groups is 3. The summed E-state index contributed by atoms with van der Waals surface area (Å²) >= 11 is 8.72. The predicted octanol–water partition coefficient (Wildman–Crippen LogP) is 6.91.